The predicted octanol–water partition coefficient (Wildman–Crippen LogP) is 0.371. The lowest BCUT2D eigenvalue weighted by Gasteiger charge is -1.90. The van der Waals surface area contributed by atoms with Gasteiger partial charge in [-0.3, -0.25) is 9.59 Å². The molecule has 0 aromatic carbocycles. The van der Waals surface area contributed by atoms with Crippen molar-refractivity contribution < 1.29 is 19.1 Å². The molecule has 8 heavy (non-hydrogen) atoms. The predicted molar refractivity (Wildman–Crippen MR) is 31.6 cm³/mol. The molecular weight excluding hydrogens is 230 g/mol. The van der Waals surface area contributed by atoms with Crippen molar-refractivity contribution in [2.75, 3.05) is 0 Å². The average Bonchev–Trinajstić information content (AvgIpc) is 1.64. The first-order valence-corrected chi connectivity index (χ1v) is 2.86. The molecule has 3 nitrogen and oxygen atoms in total. The second-order valence-corrected chi connectivity index (χ2v) is 2.25. The minimum absolute atomic E-state index is 1.20. The van der Waals surface area contributed by atoms with Crippen molar-refractivity contribution in [1.29, 1.82) is 0 Å². The van der Waals surface area contributed by atoms with E-state index in [1.165, 1.54) is 22.6 Å². The largest absolute Gasteiger partial charge is 0.480 e. The topological polar surface area (TPSA) is 54.4 Å². The Labute approximate surface area is 58.0 Å². The molecule has 0 saturated carbocycles. The van der Waals surface area contributed by atoms with Crippen molar-refractivity contribution >= 4 is 34.6 Å². The summed E-state index contributed by atoms with van der Waals surface area (Å²) >= 11 is 1.20. The summed E-state index contributed by atoms with van der Waals surface area (Å²) in [5, 5.41) is 7.88. The molecule has 0 heterocycles. The second kappa shape index (κ2) is 2.95. The Bertz CT molecular complexity index is 110. The zero-order chi connectivity index (χ0) is 6.73. The molecule has 0 amide bonds. The van der Waals surface area contributed by atoms with Gasteiger partial charge in [-0.05, 0) is 0 Å². The lowest BCUT2D eigenvalue weighted by molar-refractivity contribution is -0.141. The number of rotatable bonds is 2. The highest BCUT2D eigenvalue weighted by Gasteiger charge is 2.21. The van der Waals surface area contributed by atoms with Crippen LogP contribution in [0.25, 0.3) is 0 Å². The number of carbonyl (C=O) groups excluding carboxylic acids is 1. The summed E-state index contributed by atoms with van der Waals surface area (Å²) in [7, 11) is 0. The van der Waals surface area contributed by atoms with Crippen LogP contribution in [0.4, 0.5) is 4.39 Å². The van der Waals surface area contributed by atoms with Gasteiger partial charge in [-0.25, -0.2) is 0 Å². The van der Waals surface area contributed by atoms with Gasteiger partial charge in [0.15, 0.2) is 3.92 Å². The van der Waals surface area contributed by atoms with Gasteiger partial charge in [-0.1, -0.05) is 22.6 Å². The molecular formula is C3H2FIO3. The maximum absolute atomic E-state index is 11.3. The minimum atomic E-state index is -1.82. The summed E-state index contributed by atoms with van der Waals surface area (Å²) in [6.07, 6.45) is 0. The van der Waals surface area contributed by atoms with Gasteiger partial charge in [0.25, 0.3) is 0 Å². The van der Waals surface area contributed by atoms with E-state index in [9.17, 15) is 14.0 Å². The molecule has 0 aromatic rings. The van der Waals surface area contributed by atoms with Crippen molar-refractivity contribution in [1.82, 2.24) is 0 Å². The van der Waals surface area contributed by atoms with Crippen LogP contribution in [0, 0.1) is 0 Å². The highest BCUT2D eigenvalue weighted by Crippen LogP contribution is 2.01. The molecule has 0 aliphatic carbocycles. The first-order chi connectivity index (χ1) is 3.55. The molecule has 1 atom stereocenters. The van der Waals surface area contributed by atoms with Gasteiger partial charge in [0.05, 0.1) is 0 Å². The van der Waals surface area contributed by atoms with Gasteiger partial charge >= 0.3 is 12.0 Å². The van der Waals surface area contributed by atoms with Gasteiger partial charge in [0, 0.05) is 0 Å². The summed E-state index contributed by atoms with van der Waals surface area (Å²) in [6, 6.07) is -1.82. The molecule has 1 N–H and O–H groups in total. The Morgan fingerprint density at radius 3 is 2.00 bits per heavy atom. The first-order valence-electron chi connectivity index (χ1n) is 1.62. The molecule has 46 valence electrons. The smallest absolute Gasteiger partial charge is 0.327 e. The first kappa shape index (κ1) is 7.80. The highest BCUT2D eigenvalue weighted by atomic mass is 127. The molecule has 0 fully saturated rings. The number of carboxylic acid groups (broad SMARTS) is 1. The van der Waals surface area contributed by atoms with Crippen LogP contribution in [0.15, 0.2) is 0 Å². The third kappa shape index (κ3) is 2.20. The van der Waals surface area contributed by atoms with Crippen molar-refractivity contribution in [2.45, 2.75) is 3.92 Å². The molecule has 0 aromatic heterocycles. The van der Waals surface area contributed by atoms with Crippen molar-refractivity contribution in [2.24, 2.45) is 0 Å². The minimum Gasteiger partial charge on any atom is -0.480 e. The third-order valence-electron chi connectivity index (χ3n) is 0.416. The molecule has 0 aliphatic heterocycles. The van der Waals surface area contributed by atoms with Crippen LogP contribution in [-0.2, 0) is 9.59 Å². The van der Waals surface area contributed by atoms with E-state index in [0.717, 1.165) is 0 Å². The molecule has 0 radical (unpaired) electrons. The van der Waals surface area contributed by atoms with Crippen molar-refractivity contribution in [3.8, 4) is 0 Å². The SMILES string of the molecule is O=C(O)C(I)C(=O)F. The van der Waals surface area contributed by atoms with Crippen LogP contribution in [0.3, 0.4) is 0 Å². The molecule has 0 aliphatic rings. The van der Waals surface area contributed by atoms with Crippen LogP contribution in [0.2, 0.25) is 0 Å². The molecule has 1 unspecified atom stereocenters. The van der Waals surface area contributed by atoms with Crippen LogP contribution < -0.4 is 0 Å². The van der Waals surface area contributed by atoms with E-state index in [4.69, 9.17) is 5.11 Å². The van der Waals surface area contributed by atoms with E-state index < -0.39 is 15.9 Å². The number of alkyl halides is 1. The number of hydrogen-bond acceptors (Lipinski definition) is 2. The van der Waals surface area contributed by atoms with Gasteiger partial charge in [-0.15, -0.1) is 0 Å². The Balaban J connectivity index is 3.83. The van der Waals surface area contributed by atoms with Crippen LogP contribution in [0.1, 0.15) is 0 Å². The Kier molecular flexibility index (Phi) is 2.88. The maximum Gasteiger partial charge on any atom is 0.327 e. The fourth-order valence-corrected chi connectivity index (χ4v) is 0.0971. The van der Waals surface area contributed by atoms with E-state index in [-0.39, 0.29) is 0 Å². The van der Waals surface area contributed by atoms with Crippen LogP contribution >= 0.6 is 22.6 Å². The summed E-state index contributed by atoms with van der Waals surface area (Å²) in [5.74, 6) is -1.45. The molecule has 5 heteroatoms. The van der Waals surface area contributed by atoms with E-state index in [0.29, 0.717) is 0 Å². The fraction of sp³-hybridized carbons (Fsp3) is 0.333. The Morgan fingerprint density at radius 1 is 1.62 bits per heavy atom. The Morgan fingerprint density at radius 2 is 2.00 bits per heavy atom. The van der Waals surface area contributed by atoms with Crippen LogP contribution in [-0.4, -0.2) is 21.0 Å². The second-order valence-electron chi connectivity index (χ2n) is 1.00. The maximum atomic E-state index is 11.3. The van der Waals surface area contributed by atoms with Crippen LogP contribution in [0.5, 0.6) is 0 Å². The van der Waals surface area contributed by atoms with Crippen molar-refractivity contribution in [3.05, 3.63) is 0 Å². The van der Waals surface area contributed by atoms with Crippen molar-refractivity contribution in [3.63, 3.8) is 0 Å². The average molecular weight is 232 g/mol. The van der Waals surface area contributed by atoms with Gasteiger partial charge in [-0.2, -0.15) is 4.39 Å². The standard InChI is InChI=1S/C3H2FIO3/c4-2(6)1(5)3(7)8/h1H,(H,7,8). The van der Waals surface area contributed by atoms with E-state index >= 15 is 0 Å². The van der Waals surface area contributed by atoms with E-state index in [1.54, 1.807) is 0 Å². The van der Waals surface area contributed by atoms with Gasteiger partial charge in [0.1, 0.15) is 0 Å². The number of carbonyl (C=O) groups is 2. The normalized spacial score (nSPS) is 12.8. The highest BCUT2D eigenvalue weighted by molar-refractivity contribution is 14.1. The van der Waals surface area contributed by atoms with Gasteiger partial charge < -0.3 is 5.11 Å². The lowest BCUT2D eigenvalue weighted by Crippen LogP contribution is -2.19. The molecule has 0 spiro atoms. The van der Waals surface area contributed by atoms with E-state index in [2.05, 4.69) is 0 Å². The third-order valence-corrected chi connectivity index (χ3v) is 1.44. The number of halogens is 2. The summed E-state index contributed by atoms with van der Waals surface area (Å²) in [5.41, 5.74) is 0. The molecule has 0 rings (SSSR count). The van der Waals surface area contributed by atoms with E-state index in [1.807, 2.05) is 0 Å². The summed E-state index contributed by atoms with van der Waals surface area (Å²) in [6.45, 7) is 0. The number of carboxylic acids is 1. The molecule has 0 bridgehead atoms. The zero-order valence-electron chi connectivity index (χ0n) is 3.60. The quantitative estimate of drug-likeness (QED) is 0.324. The summed E-state index contributed by atoms with van der Waals surface area (Å²) in [4.78, 5) is 19.2. The molecule has 0 saturated heterocycles. The zero-order valence-corrected chi connectivity index (χ0v) is 5.75. The number of aliphatic carboxylic acids is 1. The monoisotopic (exact) mass is 232 g/mol. The Hall–Kier alpha value is -0.200. The fourth-order valence-electron chi connectivity index (χ4n) is 0.0971. The summed E-state index contributed by atoms with van der Waals surface area (Å²) < 4.78 is 9.77. The lowest BCUT2D eigenvalue weighted by atomic mass is 10.5. The van der Waals surface area contributed by atoms with Gasteiger partial charge in [0.2, 0.25) is 0 Å². The number of hydrogen-bond donors (Lipinski definition) is 1.